The largest absolute Gasteiger partial charge is 0.0594 e. The average molecular weight is 260 g/mol. The zero-order valence-electron chi connectivity index (χ0n) is 13.1. The van der Waals surface area contributed by atoms with Crippen LogP contribution < -0.4 is 0 Å². The molecule has 6 atom stereocenters. The van der Waals surface area contributed by atoms with Gasteiger partial charge >= 0.3 is 0 Å². The zero-order chi connectivity index (χ0) is 13.1. The third-order valence-electron chi connectivity index (χ3n) is 8.33. The van der Waals surface area contributed by atoms with Crippen LogP contribution in [-0.2, 0) is 0 Å². The molecule has 19 heavy (non-hydrogen) atoms. The third kappa shape index (κ3) is 1.70. The molecule has 0 nitrogen and oxygen atoms in total. The highest BCUT2D eigenvalue weighted by molar-refractivity contribution is 5.07. The second kappa shape index (κ2) is 4.25. The van der Waals surface area contributed by atoms with Gasteiger partial charge in [-0.3, -0.25) is 0 Å². The lowest BCUT2D eigenvalue weighted by Crippen LogP contribution is -2.53. The third-order valence-corrected chi connectivity index (χ3v) is 8.33. The highest BCUT2D eigenvalue weighted by Gasteiger charge is 2.58. The molecule has 4 rings (SSSR count). The number of hydrogen-bond acceptors (Lipinski definition) is 0. The predicted molar refractivity (Wildman–Crippen MR) is 81.0 cm³/mol. The van der Waals surface area contributed by atoms with Crippen molar-refractivity contribution in [3.05, 3.63) is 0 Å². The fourth-order valence-electron chi connectivity index (χ4n) is 7.26. The minimum atomic E-state index is 0.734. The first-order valence-electron chi connectivity index (χ1n) is 9.13. The summed E-state index contributed by atoms with van der Waals surface area (Å²) in [6.45, 7) is 5.36. The quantitative estimate of drug-likeness (QED) is 0.515. The van der Waals surface area contributed by atoms with Gasteiger partial charge in [-0.15, -0.1) is 0 Å². The van der Waals surface area contributed by atoms with Crippen molar-refractivity contribution in [3.8, 4) is 0 Å². The standard InChI is InChI=1S/C19H32/c1-18-11-5-8-16(18)17-10-9-14-6-3-4-7-15(14)19(17,2)13-12-18/h14-17H,3-13H2,1-2H3/t14?,15?,16?,17?,18?,19-/m1/s1. The second-order valence-electron chi connectivity index (χ2n) is 8.99. The number of fused-ring (bicyclic) bond motifs is 5. The first-order valence-corrected chi connectivity index (χ1v) is 9.13. The average Bonchev–Trinajstić information content (AvgIpc) is 2.81. The molecule has 0 aromatic rings. The molecule has 0 aliphatic heterocycles. The Morgan fingerprint density at radius 3 is 2.32 bits per heavy atom. The van der Waals surface area contributed by atoms with Crippen LogP contribution >= 0.6 is 0 Å². The van der Waals surface area contributed by atoms with E-state index in [0.29, 0.717) is 0 Å². The Morgan fingerprint density at radius 1 is 0.632 bits per heavy atom. The molecule has 0 saturated heterocycles. The SMILES string of the molecule is CC12CCCC1C1CCC3CCCCC3[C@@]1(C)CC2. The van der Waals surface area contributed by atoms with E-state index in [9.17, 15) is 0 Å². The lowest BCUT2D eigenvalue weighted by Gasteiger charge is -2.61. The van der Waals surface area contributed by atoms with E-state index in [2.05, 4.69) is 13.8 Å². The van der Waals surface area contributed by atoms with Crippen molar-refractivity contribution in [2.45, 2.75) is 84.5 Å². The van der Waals surface area contributed by atoms with E-state index >= 15 is 0 Å². The highest BCUT2D eigenvalue weighted by Crippen LogP contribution is 2.67. The van der Waals surface area contributed by atoms with Crippen LogP contribution in [0, 0.1) is 34.5 Å². The summed E-state index contributed by atoms with van der Waals surface area (Å²) in [5.74, 6) is 4.40. The molecular formula is C19H32. The van der Waals surface area contributed by atoms with Crippen molar-refractivity contribution in [1.29, 1.82) is 0 Å². The van der Waals surface area contributed by atoms with Crippen LogP contribution in [0.5, 0.6) is 0 Å². The van der Waals surface area contributed by atoms with Gasteiger partial charge in [0.05, 0.1) is 0 Å². The Kier molecular flexibility index (Phi) is 2.84. The zero-order valence-corrected chi connectivity index (χ0v) is 13.1. The smallest absolute Gasteiger partial charge is 0.0264 e. The normalized spacial score (nSPS) is 57.2. The van der Waals surface area contributed by atoms with Gasteiger partial charge in [0, 0.05) is 0 Å². The first-order chi connectivity index (χ1) is 9.13. The lowest BCUT2D eigenvalue weighted by molar-refractivity contribution is -0.115. The molecule has 0 bridgehead atoms. The molecule has 5 unspecified atom stereocenters. The van der Waals surface area contributed by atoms with E-state index in [1.165, 1.54) is 19.3 Å². The van der Waals surface area contributed by atoms with Crippen LogP contribution in [0.1, 0.15) is 84.5 Å². The molecule has 0 radical (unpaired) electrons. The van der Waals surface area contributed by atoms with Gasteiger partial charge in [-0.25, -0.2) is 0 Å². The molecule has 0 heterocycles. The van der Waals surface area contributed by atoms with Crippen molar-refractivity contribution in [2.75, 3.05) is 0 Å². The van der Waals surface area contributed by atoms with Gasteiger partial charge in [0.1, 0.15) is 0 Å². The highest BCUT2D eigenvalue weighted by atomic mass is 14.6. The minimum absolute atomic E-state index is 0.734. The summed E-state index contributed by atoms with van der Waals surface area (Å²) in [6.07, 6.45) is 17.1. The molecular weight excluding hydrogens is 228 g/mol. The van der Waals surface area contributed by atoms with E-state index in [1.54, 1.807) is 51.4 Å². The van der Waals surface area contributed by atoms with Gasteiger partial charge in [0.2, 0.25) is 0 Å². The molecule has 0 aromatic heterocycles. The second-order valence-corrected chi connectivity index (χ2v) is 8.99. The Bertz CT molecular complexity index is 359. The summed E-state index contributed by atoms with van der Waals surface area (Å²) in [6, 6.07) is 0. The maximum Gasteiger partial charge on any atom is -0.0264 e. The van der Waals surface area contributed by atoms with Gasteiger partial charge < -0.3 is 0 Å². The van der Waals surface area contributed by atoms with Crippen LogP contribution in [0.2, 0.25) is 0 Å². The number of rotatable bonds is 0. The van der Waals surface area contributed by atoms with Crippen LogP contribution in [0.15, 0.2) is 0 Å². The molecule has 0 aromatic carbocycles. The lowest BCUT2D eigenvalue weighted by atomic mass is 9.44. The fraction of sp³-hybridized carbons (Fsp3) is 1.00. The number of hydrogen-bond donors (Lipinski definition) is 0. The first kappa shape index (κ1) is 12.7. The Morgan fingerprint density at radius 2 is 1.42 bits per heavy atom. The molecule has 0 spiro atoms. The van der Waals surface area contributed by atoms with Crippen LogP contribution in [0.4, 0.5) is 0 Å². The summed E-state index contributed by atoms with van der Waals surface area (Å²) >= 11 is 0. The summed E-state index contributed by atoms with van der Waals surface area (Å²) in [7, 11) is 0. The Balaban J connectivity index is 1.66. The molecule has 4 saturated carbocycles. The predicted octanol–water partition coefficient (Wildman–Crippen LogP) is 5.81. The summed E-state index contributed by atoms with van der Waals surface area (Å²) in [4.78, 5) is 0. The van der Waals surface area contributed by atoms with Crippen molar-refractivity contribution >= 4 is 0 Å². The van der Waals surface area contributed by atoms with Gasteiger partial charge in [-0.2, -0.15) is 0 Å². The van der Waals surface area contributed by atoms with Crippen LogP contribution in [0.25, 0.3) is 0 Å². The molecule has 4 aliphatic carbocycles. The van der Waals surface area contributed by atoms with Crippen LogP contribution in [-0.4, -0.2) is 0 Å². The van der Waals surface area contributed by atoms with Gasteiger partial charge in [-0.05, 0) is 79.4 Å². The van der Waals surface area contributed by atoms with Gasteiger partial charge in [0.25, 0.3) is 0 Å². The van der Waals surface area contributed by atoms with Crippen molar-refractivity contribution < 1.29 is 0 Å². The van der Waals surface area contributed by atoms with Crippen LogP contribution in [0.3, 0.4) is 0 Å². The molecule has 0 N–H and O–H groups in total. The van der Waals surface area contributed by atoms with Crippen molar-refractivity contribution in [1.82, 2.24) is 0 Å². The van der Waals surface area contributed by atoms with Crippen molar-refractivity contribution in [3.63, 3.8) is 0 Å². The van der Waals surface area contributed by atoms with E-state index in [-0.39, 0.29) is 0 Å². The summed E-state index contributed by atoms with van der Waals surface area (Å²) in [5, 5.41) is 0. The minimum Gasteiger partial charge on any atom is -0.0594 e. The summed E-state index contributed by atoms with van der Waals surface area (Å²) in [5.41, 5.74) is 1.48. The topological polar surface area (TPSA) is 0 Å². The monoisotopic (exact) mass is 260 g/mol. The van der Waals surface area contributed by atoms with E-state index in [0.717, 1.165) is 34.5 Å². The fourth-order valence-corrected chi connectivity index (χ4v) is 7.26. The molecule has 108 valence electrons. The van der Waals surface area contributed by atoms with Gasteiger partial charge in [0.15, 0.2) is 0 Å². The van der Waals surface area contributed by atoms with E-state index < -0.39 is 0 Å². The van der Waals surface area contributed by atoms with E-state index in [1.807, 2.05) is 0 Å². The molecule has 0 amide bonds. The maximum atomic E-state index is 2.72. The molecule has 4 fully saturated rings. The van der Waals surface area contributed by atoms with Gasteiger partial charge in [-0.1, -0.05) is 39.5 Å². The summed E-state index contributed by atoms with van der Waals surface area (Å²) < 4.78 is 0. The van der Waals surface area contributed by atoms with Crippen molar-refractivity contribution in [2.24, 2.45) is 34.5 Å². The Labute approximate surface area is 119 Å². The van der Waals surface area contributed by atoms with E-state index in [4.69, 9.17) is 0 Å². The molecule has 4 aliphatic rings. The maximum absolute atomic E-state index is 2.72. The molecule has 0 heteroatoms. The Hall–Kier alpha value is 0.